The number of amides is 1. The lowest BCUT2D eigenvalue weighted by atomic mass is 10.1. The molecule has 0 radical (unpaired) electrons. The third-order valence-corrected chi connectivity index (χ3v) is 5.43. The Labute approximate surface area is 167 Å². The first-order valence-corrected chi connectivity index (χ1v) is 9.54. The minimum absolute atomic E-state index is 0.154. The van der Waals surface area contributed by atoms with E-state index in [9.17, 15) is 9.59 Å². The van der Waals surface area contributed by atoms with Gasteiger partial charge in [-0.05, 0) is 33.3 Å². The molecule has 1 atom stereocenters. The number of fused-ring (bicyclic) bond motifs is 3. The Hall–Kier alpha value is -3.42. The van der Waals surface area contributed by atoms with Crippen LogP contribution in [-0.2, 0) is 18.3 Å². The second-order valence-electron chi connectivity index (χ2n) is 7.24. The lowest BCUT2D eigenvalue weighted by Gasteiger charge is -2.16. The molecule has 8 nitrogen and oxygen atoms in total. The number of hydrogen-bond acceptors (Lipinski definition) is 5. The lowest BCUT2D eigenvalue weighted by molar-refractivity contribution is -0.123. The maximum atomic E-state index is 12.9. The molecule has 150 valence electrons. The van der Waals surface area contributed by atoms with Crippen molar-refractivity contribution in [3.63, 3.8) is 0 Å². The fourth-order valence-corrected chi connectivity index (χ4v) is 3.82. The quantitative estimate of drug-likeness (QED) is 0.562. The van der Waals surface area contributed by atoms with Crippen molar-refractivity contribution in [3.8, 4) is 0 Å². The van der Waals surface area contributed by atoms with E-state index >= 15 is 0 Å². The first-order valence-electron chi connectivity index (χ1n) is 9.54. The van der Waals surface area contributed by atoms with Crippen LogP contribution >= 0.6 is 0 Å². The summed E-state index contributed by atoms with van der Waals surface area (Å²) in [6.07, 6.45) is 2.32. The van der Waals surface area contributed by atoms with Crippen molar-refractivity contribution in [2.24, 2.45) is 7.05 Å². The first-order chi connectivity index (χ1) is 13.9. The summed E-state index contributed by atoms with van der Waals surface area (Å²) in [4.78, 5) is 25.7. The fraction of sp³-hybridized carbons (Fsp3) is 0.333. The van der Waals surface area contributed by atoms with Crippen LogP contribution in [0, 0.1) is 13.8 Å². The molecule has 0 unspecified atom stereocenters. The summed E-state index contributed by atoms with van der Waals surface area (Å²) in [7, 11) is 1.61. The van der Waals surface area contributed by atoms with Crippen LogP contribution in [0.4, 0.5) is 0 Å². The van der Waals surface area contributed by atoms with E-state index in [-0.39, 0.29) is 11.5 Å². The van der Waals surface area contributed by atoms with Gasteiger partial charge >= 0.3 is 0 Å². The van der Waals surface area contributed by atoms with Gasteiger partial charge in [0.1, 0.15) is 17.3 Å². The Kier molecular flexibility index (Phi) is 4.70. The van der Waals surface area contributed by atoms with Crippen LogP contribution in [0.15, 0.2) is 39.8 Å². The third-order valence-electron chi connectivity index (χ3n) is 5.43. The number of para-hydroxylation sites is 1. The molecule has 0 spiro atoms. The van der Waals surface area contributed by atoms with Gasteiger partial charge in [0.2, 0.25) is 5.91 Å². The number of nitrogens with zero attached hydrogens (tertiary/aromatic N) is 4. The normalized spacial score (nSPS) is 12.6. The van der Waals surface area contributed by atoms with E-state index in [1.807, 2.05) is 38.1 Å². The summed E-state index contributed by atoms with van der Waals surface area (Å²) in [5, 5.41) is 12.7. The summed E-state index contributed by atoms with van der Waals surface area (Å²) in [5.74, 6) is 0.612. The van der Waals surface area contributed by atoms with E-state index < -0.39 is 6.04 Å². The molecule has 0 fully saturated rings. The van der Waals surface area contributed by atoms with Gasteiger partial charge in [0.05, 0.1) is 17.4 Å². The summed E-state index contributed by atoms with van der Waals surface area (Å²) < 4.78 is 8.27. The standard InChI is InChI=1S/C21H23N5O3/c1-12-15(14(3)29-24-12)9-10-22-20(27)13(2)26-18-8-6-5-7-16(18)17-11-23-25(4)21(28)19(17)26/h5-8,11,13H,9-10H2,1-4H3,(H,22,27)/t13-/m0/s1. The third kappa shape index (κ3) is 3.10. The highest BCUT2D eigenvalue weighted by Crippen LogP contribution is 2.29. The zero-order valence-electron chi connectivity index (χ0n) is 16.9. The number of carbonyl (C=O) groups excluding carboxylic acids is 1. The molecule has 4 aromatic rings. The summed E-state index contributed by atoms with van der Waals surface area (Å²) in [5.41, 5.74) is 2.94. The molecule has 3 aromatic heterocycles. The molecule has 1 N–H and O–H groups in total. The maximum Gasteiger partial charge on any atom is 0.291 e. The molecule has 0 saturated carbocycles. The van der Waals surface area contributed by atoms with Crippen LogP contribution in [0.1, 0.15) is 30.0 Å². The number of hydrogen-bond donors (Lipinski definition) is 1. The van der Waals surface area contributed by atoms with Crippen LogP contribution in [0.25, 0.3) is 21.8 Å². The average molecular weight is 393 g/mol. The van der Waals surface area contributed by atoms with Crippen molar-refractivity contribution in [3.05, 3.63) is 57.8 Å². The molecule has 0 saturated heterocycles. The fourth-order valence-electron chi connectivity index (χ4n) is 3.82. The summed E-state index contributed by atoms with van der Waals surface area (Å²) >= 11 is 0. The molecule has 0 bridgehead atoms. The highest BCUT2D eigenvalue weighted by atomic mass is 16.5. The Morgan fingerprint density at radius 1 is 1.24 bits per heavy atom. The van der Waals surface area contributed by atoms with Gasteiger partial charge in [-0.1, -0.05) is 23.4 Å². The van der Waals surface area contributed by atoms with E-state index in [0.29, 0.717) is 18.5 Å². The number of rotatable bonds is 5. The number of aromatic nitrogens is 4. The average Bonchev–Trinajstić information content (AvgIpc) is 3.22. The van der Waals surface area contributed by atoms with Crippen molar-refractivity contribution in [2.45, 2.75) is 33.2 Å². The molecule has 8 heteroatoms. The predicted molar refractivity (Wildman–Crippen MR) is 110 cm³/mol. The van der Waals surface area contributed by atoms with E-state index in [2.05, 4.69) is 15.6 Å². The SMILES string of the molecule is Cc1noc(C)c1CCNC(=O)[C@H](C)n1c2ccccc2c2cnn(C)c(=O)c21. The van der Waals surface area contributed by atoms with Crippen LogP contribution in [0.2, 0.25) is 0 Å². The monoisotopic (exact) mass is 393 g/mol. The van der Waals surface area contributed by atoms with Crippen molar-refractivity contribution in [1.29, 1.82) is 0 Å². The topological polar surface area (TPSA) is 94.9 Å². The second kappa shape index (κ2) is 7.20. The minimum Gasteiger partial charge on any atom is -0.361 e. The smallest absolute Gasteiger partial charge is 0.291 e. The van der Waals surface area contributed by atoms with Gasteiger partial charge < -0.3 is 14.4 Å². The second-order valence-corrected chi connectivity index (χ2v) is 7.24. The number of aryl methyl sites for hydroxylation is 3. The van der Waals surface area contributed by atoms with Gasteiger partial charge in [-0.3, -0.25) is 9.59 Å². The lowest BCUT2D eigenvalue weighted by Crippen LogP contribution is -2.33. The minimum atomic E-state index is -0.558. The van der Waals surface area contributed by atoms with E-state index in [4.69, 9.17) is 4.52 Å². The largest absolute Gasteiger partial charge is 0.361 e. The van der Waals surface area contributed by atoms with Gasteiger partial charge in [0, 0.05) is 29.9 Å². The van der Waals surface area contributed by atoms with E-state index in [1.165, 1.54) is 4.68 Å². The van der Waals surface area contributed by atoms with Gasteiger partial charge in [-0.15, -0.1) is 0 Å². The van der Waals surface area contributed by atoms with Crippen LogP contribution < -0.4 is 10.9 Å². The molecule has 0 aliphatic heterocycles. The highest BCUT2D eigenvalue weighted by Gasteiger charge is 2.23. The number of carbonyl (C=O) groups is 1. The van der Waals surface area contributed by atoms with E-state index in [1.54, 1.807) is 24.7 Å². The molecule has 0 aliphatic carbocycles. The first kappa shape index (κ1) is 18.9. The van der Waals surface area contributed by atoms with E-state index in [0.717, 1.165) is 33.3 Å². The van der Waals surface area contributed by atoms with Crippen molar-refractivity contribution in [1.82, 2.24) is 24.8 Å². The predicted octanol–water partition coefficient (Wildman–Crippen LogP) is 2.41. The molecule has 0 aliphatic rings. The Bertz CT molecular complexity index is 1260. The summed E-state index contributed by atoms with van der Waals surface area (Å²) in [6, 6.07) is 7.12. The van der Waals surface area contributed by atoms with Crippen LogP contribution in [-0.4, -0.2) is 32.0 Å². The molecule has 1 aromatic carbocycles. The summed E-state index contributed by atoms with van der Waals surface area (Å²) in [6.45, 7) is 6.01. The van der Waals surface area contributed by atoms with Crippen LogP contribution in [0.5, 0.6) is 0 Å². The Morgan fingerprint density at radius 3 is 2.72 bits per heavy atom. The zero-order chi connectivity index (χ0) is 20.7. The van der Waals surface area contributed by atoms with Gasteiger partial charge in [0.15, 0.2) is 0 Å². The van der Waals surface area contributed by atoms with Gasteiger partial charge in [0.25, 0.3) is 5.56 Å². The number of nitrogens with one attached hydrogen (secondary N) is 1. The Morgan fingerprint density at radius 2 is 2.00 bits per heavy atom. The van der Waals surface area contributed by atoms with Crippen molar-refractivity contribution in [2.75, 3.05) is 6.54 Å². The molecule has 4 rings (SSSR count). The van der Waals surface area contributed by atoms with Crippen molar-refractivity contribution >= 4 is 27.7 Å². The number of benzene rings is 1. The molecule has 29 heavy (non-hydrogen) atoms. The molecule has 3 heterocycles. The van der Waals surface area contributed by atoms with Crippen LogP contribution in [0.3, 0.4) is 0 Å². The maximum absolute atomic E-state index is 12.9. The van der Waals surface area contributed by atoms with Crippen molar-refractivity contribution < 1.29 is 9.32 Å². The van der Waals surface area contributed by atoms with Gasteiger partial charge in [-0.2, -0.15) is 5.10 Å². The molecular formula is C21H23N5O3. The Balaban J connectivity index is 1.67. The van der Waals surface area contributed by atoms with Gasteiger partial charge in [-0.25, -0.2) is 4.68 Å². The molecule has 1 amide bonds. The molecular weight excluding hydrogens is 370 g/mol. The highest BCUT2D eigenvalue weighted by molar-refractivity contribution is 6.08. The zero-order valence-corrected chi connectivity index (χ0v) is 16.9.